The molecule has 0 atom stereocenters. The molecule has 146 valence electrons. The number of nitrogens with zero attached hydrogens (tertiary/aromatic N) is 1. The number of thioether (sulfide) groups is 1. The van der Waals surface area contributed by atoms with Crippen LogP contribution in [0.5, 0.6) is 11.5 Å². The standard InChI is InChI=1S/C19H14F3NO4S/c1-26-15-8-11(6-7-14(15)27-18(21)22)9-16-17(24)23(19(25)28-16)10-12-4-2-3-5-13(12)20/h2-9,18H,10H2,1H3/b16-9-. The van der Waals surface area contributed by atoms with Gasteiger partial charge in [0, 0.05) is 5.56 Å². The maximum Gasteiger partial charge on any atom is 0.387 e. The minimum Gasteiger partial charge on any atom is -0.493 e. The minimum atomic E-state index is -3.00. The van der Waals surface area contributed by atoms with E-state index in [2.05, 4.69) is 4.74 Å². The summed E-state index contributed by atoms with van der Waals surface area (Å²) in [5.41, 5.74) is 0.677. The number of ether oxygens (including phenoxy) is 2. The molecule has 2 aromatic rings. The van der Waals surface area contributed by atoms with E-state index in [1.54, 1.807) is 6.07 Å². The van der Waals surface area contributed by atoms with Gasteiger partial charge in [-0.05, 0) is 41.6 Å². The lowest BCUT2D eigenvalue weighted by molar-refractivity contribution is -0.123. The quantitative estimate of drug-likeness (QED) is 0.649. The van der Waals surface area contributed by atoms with Crippen LogP contribution in [0.4, 0.5) is 18.0 Å². The van der Waals surface area contributed by atoms with Gasteiger partial charge in [0.05, 0.1) is 18.6 Å². The van der Waals surface area contributed by atoms with Gasteiger partial charge in [0.2, 0.25) is 0 Å². The van der Waals surface area contributed by atoms with E-state index in [0.717, 1.165) is 4.90 Å². The number of halogens is 3. The summed E-state index contributed by atoms with van der Waals surface area (Å²) in [4.78, 5) is 25.8. The lowest BCUT2D eigenvalue weighted by Crippen LogP contribution is -2.27. The SMILES string of the molecule is COc1cc(/C=C2\SC(=O)N(Cc3ccccc3F)C2=O)ccc1OC(F)F. The van der Waals surface area contributed by atoms with Crippen molar-refractivity contribution in [1.29, 1.82) is 0 Å². The molecular weight excluding hydrogens is 395 g/mol. The largest absolute Gasteiger partial charge is 0.493 e. The number of hydrogen-bond acceptors (Lipinski definition) is 5. The molecule has 1 heterocycles. The Kier molecular flexibility index (Phi) is 5.93. The molecule has 3 rings (SSSR count). The van der Waals surface area contributed by atoms with Gasteiger partial charge in [-0.1, -0.05) is 24.3 Å². The number of carbonyl (C=O) groups is 2. The zero-order chi connectivity index (χ0) is 20.3. The molecule has 1 aliphatic rings. The fourth-order valence-electron chi connectivity index (χ4n) is 2.55. The normalized spacial score (nSPS) is 15.6. The third kappa shape index (κ3) is 4.30. The summed E-state index contributed by atoms with van der Waals surface area (Å²) < 4.78 is 48.0. The fourth-order valence-corrected chi connectivity index (χ4v) is 3.39. The number of rotatable bonds is 6. The van der Waals surface area contributed by atoms with E-state index in [0.29, 0.717) is 17.3 Å². The van der Waals surface area contributed by atoms with E-state index < -0.39 is 23.6 Å². The molecule has 0 N–H and O–H groups in total. The van der Waals surface area contributed by atoms with Crippen molar-refractivity contribution < 1.29 is 32.2 Å². The fraction of sp³-hybridized carbons (Fsp3) is 0.158. The monoisotopic (exact) mass is 409 g/mol. The van der Waals surface area contributed by atoms with E-state index in [1.165, 1.54) is 49.6 Å². The van der Waals surface area contributed by atoms with Gasteiger partial charge in [-0.3, -0.25) is 14.5 Å². The molecule has 0 saturated carbocycles. The summed E-state index contributed by atoms with van der Waals surface area (Å²) in [6, 6.07) is 10.0. The molecule has 1 saturated heterocycles. The van der Waals surface area contributed by atoms with Crippen LogP contribution in [0.1, 0.15) is 11.1 Å². The molecule has 9 heteroatoms. The zero-order valence-corrected chi connectivity index (χ0v) is 15.3. The molecule has 2 amide bonds. The van der Waals surface area contributed by atoms with E-state index >= 15 is 0 Å². The van der Waals surface area contributed by atoms with Crippen LogP contribution in [0.25, 0.3) is 6.08 Å². The van der Waals surface area contributed by atoms with E-state index in [4.69, 9.17) is 4.74 Å². The Morgan fingerprint density at radius 1 is 1.14 bits per heavy atom. The first-order valence-electron chi connectivity index (χ1n) is 8.00. The Bertz CT molecular complexity index is 949. The molecule has 5 nitrogen and oxygen atoms in total. The van der Waals surface area contributed by atoms with Crippen molar-refractivity contribution in [2.24, 2.45) is 0 Å². The first-order chi connectivity index (χ1) is 13.4. The molecular formula is C19H14F3NO4S. The van der Waals surface area contributed by atoms with Gasteiger partial charge >= 0.3 is 6.61 Å². The second-order valence-corrected chi connectivity index (χ2v) is 6.64. The number of amides is 2. The van der Waals surface area contributed by atoms with Gasteiger partial charge in [-0.15, -0.1) is 0 Å². The summed E-state index contributed by atoms with van der Waals surface area (Å²) in [5, 5.41) is -0.524. The summed E-state index contributed by atoms with van der Waals surface area (Å²) in [6.07, 6.45) is 1.43. The summed E-state index contributed by atoms with van der Waals surface area (Å²) in [5.74, 6) is -1.17. The molecule has 28 heavy (non-hydrogen) atoms. The average Bonchev–Trinajstić information content (AvgIpc) is 2.91. The number of alkyl halides is 2. The maximum atomic E-state index is 13.8. The summed E-state index contributed by atoms with van der Waals surface area (Å²) in [6.45, 7) is -3.19. The van der Waals surface area contributed by atoms with Gasteiger partial charge < -0.3 is 9.47 Å². The predicted octanol–water partition coefficient (Wildman–Crippen LogP) is 4.67. The maximum absolute atomic E-state index is 13.8. The van der Waals surface area contributed by atoms with Crippen molar-refractivity contribution in [2.75, 3.05) is 7.11 Å². The van der Waals surface area contributed by atoms with Gasteiger partial charge in [0.1, 0.15) is 5.82 Å². The third-order valence-electron chi connectivity index (χ3n) is 3.86. The topological polar surface area (TPSA) is 55.8 Å². The van der Waals surface area contributed by atoms with Gasteiger partial charge in [-0.25, -0.2) is 4.39 Å². The Hall–Kier alpha value is -2.94. The molecule has 0 bridgehead atoms. The molecule has 0 unspecified atom stereocenters. The molecule has 2 aromatic carbocycles. The highest BCUT2D eigenvalue weighted by Crippen LogP contribution is 2.35. The Morgan fingerprint density at radius 3 is 2.57 bits per heavy atom. The number of carbonyl (C=O) groups excluding carboxylic acids is 2. The third-order valence-corrected chi connectivity index (χ3v) is 4.77. The minimum absolute atomic E-state index is 0.0552. The Labute approximate surface area is 162 Å². The van der Waals surface area contributed by atoms with Crippen LogP contribution >= 0.6 is 11.8 Å². The first-order valence-corrected chi connectivity index (χ1v) is 8.82. The lowest BCUT2D eigenvalue weighted by Gasteiger charge is -2.13. The molecule has 0 aliphatic carbocycles. The number of methoxy groups -OCH3 is 1. The number of imide groups is 1. The molecule has 0 radical (unpaired) electrons. The second kappa shape index (κ2) is 8.39. The molecule has 1 aliphatic heterocycles. The number of benzene rings is 2. The van der Waals surface area contributed by atoms with Crippen molar-refractivity contribution >= 4 is 29.0 Å². The highest BCUT2D eigenvalue weighted by Gasteiger charge is 2.35. The van der Waals surface area contributed by atoms with Crippen LogP contribution in [0.2, 0.25) is 0 Å². The van der Waals surface area contributed by atoms with Crippen LogP contribution in [-0.4, -0.2) is 29.8 Å². The van der Waals surface area contributed by atoms with Gasteiger partial charge in [0.25, 0.3) is 11.1 Å². The summed E-state index contributed by atoms with van der Waals surface area (Å²) >= 11 is 0.714. The molecule has 0 spiro atoms. The molecule has 0 aromatic heterocycles. The van der Waals surface area contributed by atoms with E-state index in [-0.39, 0.29) is 28.5 Å². The van der Waals surface area contributed by atoms with Gasteiger partial charge in [0.15, 0.2) is 11.5 Å². The first kappa shape index (κ1) is 19.8. The lowest BCUT2D eigenvalue weighted by atomic mass is 10.1. The van der Waals surface area contributed by atoms with Crippen LogP contribution in [-0.2, 0) is 11.3 Å². The van der Waals surface area contributed by atoms with Crippen LogP contribution < -0.4 is 9.47 Å². The Balaban J connectivity index is 1.82. The zero-order valence-electron chi connectivity index (χ0n) is 14.5. The van der Waals surface area contributed by atoms with Gasteiger partial charge in [-0.2, -0.15) is 8.78 Å². The Morgan fingerprint density at radius 2 is 1.89 bits per heavy atom. The average molecular weight is 409 g/mol. The van der Waals surface area contributed by atoms with E-state index in [1.807, 2.05) is 0 Å². The van der Waals surface area contributed by atoms with Crippen molar-refractivity contribution in [3.05, 3.63) is 64.3 Å². The molecule has 1 fully saturated rings. The van der Waals surface area contributed by atoms with Crippen molar-refractivity contribution in [1.82, 2.24) is 4.90 Å². The van der Waals surface area contributed by atoms with Crippen LogP contribution in [0.3, 0.4) is 0 Å². The second-order valence-electron chi connectivity index (χ2n) is 5.65. The van der Waals surface area contributed by atoms with Crippen LogP contribution in [0, 0.1) is 5.82 Å². The highest BCUT2D eigenvalue weighted by molar-refractivity contribution is 8.18. The van der Waals surface area contributed by atoms with E-state index in [9.17, 15) is 22.8 Å². The van der Waals surface area contributed by atoms with Crippen molar-refractivity contribution in [3.63, 3.8) is 0 Å². The smallest absolute Gasteiger partial charge is 0.387 e. The highest BCUT2D eigenvalue weighted by atomic mass is 32.2. The predicted molar refractivity (Wildman–Crippen MR) is 97.5 cm³/mol. The van der Waals surface area contributed by atoms with Crippen molar-refractivity contribution in [2.45, 2.75) is 13.2 Å². The summed E-state index contributed by atoms with van der Waals surface area (Å²) in [7, 11) is 1.29. The van der Waals surface area contributed by atoms with Crippen molar-refractivity contribution in [3.8, 4) is 11.5 Å². The van der Waals surface area contributed by atoms with Crippen LogP contribution in [0.15, 0.2) is 47.4 Å². The number of hydrogen-bond donors (Lipinski definition) is 0.